The Labute approximate surface area is 110 Å². The van der Waals surface area contributed by atoms with Crippen molar-refractivity contribution in [2.24, 2.45) is 0 Å². The second-order valence-electron chi connectivity index (χ2n) is 3.37. The van der Waals surface area contributed by atoms with Crippen LogP contribution in [0.4, 0.5) is 0 Å². The van der Waals surface area contributed by atoms with Crippen molar-refractivity contribution in [3.63, 3.8) is 0 Å². The lowest BCUT2D eigenvalue weighted by atomic mass is 10.3. The van der Waals surface area contributed by atoms with E-state index < -0.39 is 0 Å². The number of aromatic nitrogens is 4. The van der Waals surface area contributed by atoms with Crippen molar-refractivity contribution in [3.8, 4) is 11.4 Å². The Balaban J connectivity index is 2.35. The van der Waals surface area contributed by atoms with Gasteiger partial charge in [0.1, 0.15) is 11.4 Å². The van der Waals surface area contributed by atoms with E-state index in [-0.39, 0.29) is 0 Å². The summed E-state index contributed by atoms with van der Waals surface area (Å²) in [7, 11) is 0. The third-order valence-corrected chi connectivity index (χ3v) is 3.08. The summed E-state index contributed by atoms with van der Waals surface area (Å²) in [5.41, 5.74) is 0.843. The highest BCUT2D eigenvalue weighted by Crippen LogP contribution is 2.25. The van der Waals surface area contributed by atoms with Gasteiger partial charge < -0.3 is 4.74 Å². The Morgan fingerprint density at radius 2 is 2.28 bits per heavy atom. The Kier molecular flexibility index (Phi) is 4.35. The molecule has 5 nitrogen and oxygen atoms in total. The highest BCUT2D eigenvalue weighted by atomic mass is 32.2. The second-order valence-corrected chi connectivity index (χ2v) is 4.36. The lowest BCUT2D eigenvalue weighted by Gasteiger charge is -2.10. The van der Waals surface area contributed by atoms with Gasteiger partial charge in [0.2, 0.25) is 5.16 Å². The van der Waals surface area contributed by atoms with Crippen molar-refractivity contribution in [3.05, 3.63) is 36.9 Å². The van der Waals surface area contributed by atoms with E-state index in [9.17, 15) is 0 Å². The molecule has 0 spiro atoms. The molecule has 94 valence electrons. The summed E-state index contributed by atoms with van der Waals surface area (Å²) in [4.78, 5) is 0. The van der Waals surface area contributed by atoms with Crippen LogP contribution in [0.1, 0.15) is 6.92 Å². The maximum Gasteiger partial charge on any atom is 0.214 e. The fourth-order valence-corrected chi connectivity index (χ4v) is 2.08. The number of benzene rings is 1. The summed E-state index contributed by atoms with van der Waals surface area (Å²) in [5.74, 6) is 1.53. The molecule has 1 aromatic heterocycles. The maximum atomic E-state index is 5.57. The molecule has 2 rings (SSSR count). The molecule has 0 saturated heterocycles. The van der Waals surface area contributed by atoms with Crippen LogP contribution in [0.5, 0.6) is 5.75 Å². The van der Waals surface area contributed by atoms with Crippen LogP contribution >= 0.6 is 11.8 Å². The first-order valence-corrected chi connectivity index (χ1v) is 6.59. The second kappa shape index (κ2) is 6.20. The summed E-state index contributed by atoms with van der Waals surface area (Å²) in [6.45, 7) is 6.24. The number of thioether (sulfide) groups is 1. The number of para-hydroxylation sites is 2. The third kappa shape index (κ3) is 2.70. The van der Waals surface area contributed by atoms with Gasteiger partial charge in [-0.15, -0.1) is 11.7 Å². The Bertz CT molecular complexity index is 526. The lowest BCUT2D eigenvalue weighted by molar-refractivity contribution is 0.337. The zero-order valence-electron chi connectivity index (χ0n) is 10.1. The smallest absolute Gasteiger partial charge is 0.214 e. The van der Waals surface area contributed by atoms with E-state index >= 15 is 0 Å². The van der Waals surface area contributed by atoms with E-state index in [4.69, 9.17) is 4.74 Å². The van der Waals surface area contributed by atoms with Crippen molar-refractivity contribution in [1.82, 2.24) is 20.2 Å². The molecule has 0 aliphatic heterocycles. The first-order valence-electron chi connectivity index (χ1n) is 5.61. The molecule has 0 aliphatic carbocycles. The minimum atomic E-state index is 0.605. The SMILES string of the molecule is C=CCSc1nnnn1-c1ccccc1OCC. The average molecular weight is 262 g/mol. The van der Waals surface area contributed by atoms with Crippen LogP contribution in [0, 0.1) is 0 Å². The highest BCUT2D eigenvalue weighted by Gasteiger charge is 2.12. The van der Waals surface area contributed by atoms with Crippen LogP contribution in [-0.4, -0.2) is 32.6 Å². The third-order valence-electron chi connectivity index (χ3n) is 2.16. The van der Waals surface area contributed by atoms with Crippen LogP contribution < -0.4 is 4.74 Å². The molecular weight excluding hydrogens is 248 g/mol. The van der Waals surface area contributed by atoms with E-state index in [1.54, 1.807) is 4.68 Å². The van der Waals surface area contributed by atoms with Gasteiger partial charge in [-0.25, -0.2) is 0 Å². The van der Waals surface area contributed by atoms with Crippen molar-refractivity contribution >= 4 is 11.8 Å². The molecule has 0 unspecified atom stereocenters. The molecule has 2 aromatic rings. The highest BCUT2D eigenvalue weighted by molar-refractivity contribution is 7.99. The Hall–Kier alpha value is -1.82. The van der Waals surface area contributed by atoms with Crippen LogP contribution in [-0.2, 0) is 0 Å². The number of ether oxygens (including phenoxy) is 1. The Morgan fingerprint density at radius 3 is 3.06 bits per heavy atom. The zero-order chi connectivity index (χ0) is 12.8. The van der Waals surface area contributed by atoms with Crippen LogP contribution in [0.15, 0.2) is 42.1 Å². The van der Waals surface area contributed by atoms with Crippen molar-refractivity contribution < 1.29 is 4.74 Å². The summed E-state index contributed by atoms with van der Waals surface area (Å²) in [6, 6.07) is 7.69. The molecule has 6 heteroatoms. The van der Waals surface area contributed by atoms with Crippen LogP contribution in [0.25, 0.3) is 5.69 Å². The van der Waals surface area contributed by atoms with Crippen LogP contribution in [0.2, 0.25) is 0 Å². The molecule has 0 atom stereocenters. The topological polar surface area (TPSA) is 52.8 Å². The summed E-state index contributed by atoms with van der Waals surface area (Å²) >= 11 is 1.53. The number of hydrogen-bond donors (Lipinski definition) is 0. The average Bonchev–Trinajstić information content (AvgIpc) is 2.85. The van der Waals surface area contributed by atoms with Gasteiger partial charge in [-0.2, -0.15) is 4.68 Å². The number of nitrogens with zero attached hydrogens (tertiary/aromatic N) is 4. The van der Waals surface area contributed by atoms with Crippen molar-refractivity contribution in [2.45, 2.75) is 12.1 Å². The fraction of sp³-hybridized carbons (Fsp3) is 0.250. The van der Waals surface area contributed by atoms with Gasteiger partial charge >= 0.3 is 0 Å². The largest absolute Gasteiger partial charge is 0.492 e. The standard InChI is InChI=1S/C12H14N4OS/c1-3-9-18-12-13-14-15-16(12)10-7-5-6-8-11(10)17-4-2/h3,5-8H,1,4,9H2,2H3. The molecule has 0 fully saturated rings. The van der Waals surface area contributed by atoms with Gasteiger partial charge in [0.25, 0.3) is 0 Å². The van der Waals surface area contributed by atoms with E-state index in [0.717, 1.165) is 22.3 Å². The maximum absolute atomic E-state index is 5.57. The molecule has 0 amide bonds. The molecule has 1 heterocycles. The van der Waals surface area contributed by atoms with Crippen molar-refractivity contribution in [2.75, 3.05) is 12.4 Å². The quantitative estimate of drug-likeness (QED) is 0.591. The lowest BCUT2D eigenvalue weighted by Crippen LogP contribution is -2.03. The molecule has 0 radical (unpaired) electrons. The first kappa shape index (κ1) is 12.6. The van der Waals surface area contributed by atoms with Crippen molar-refractivity contribution in [1.29, 1.82) is 0 Å². The van der Waals surface area contributed by atoms with Gasteiger partial charge in [0, 0.05) is 5.75 Å². The normalized spacial score (nSPS) is 10.3. The predicted molar refractivity (Wildman–Crippen MR) is 71.2 cm³/mol. The van der Waals surface area contributed by atoms with Gasteiger partial charge in [-0.1, -0.05) is 30.0 Å². The van der Waals surface area contributed by atoms with Gasteiger partial charge in [-0.3, -0.25) is 0 Å². The van der Waals surface area contributed by atoms with E-state index in [2.05, 4.69) is 22.1 Å². The number of rotatable bonds is 6. The first-order chi connectivity index (χ1) is 8.86. The van der Waals surface area contributed by atoms with E-state index in [1.165, 1.54) is 11.8 Å². The molecule has 1 aromatic carbocycles. The van der Waals surface area contributed by atoms with Gasteiger partial charge in [-0.05, 0) is 29.5 Å². The molecule has 18 heavy (non-hydrogen) atoms. The van der Waals surface area contributed by atoms with E-state index in [0.29, 0.717) is 6.61 Å². The summed E-state index contributed by atoms with van der Waals surface area (Å²) in [6.07, 6.45) is 1.82. The van der Waals surface area contributed by atoms with Gasteiger partial charge in [0.15, 0.2) is 0 Å². The minimum absolute atomic E-state index is 0.605. The Morgan fingerprint density at radius 1 is 1.44 bits per heavy atom. The summed E-state index contributed by atoms with van der Waals surface area (Å²) in [5, 5.41) is 12.4. The molecule has 0 saturated carbocycles. The molecule has 0 bridgehead atoms. The predicted octanol–water partition coefficient (Wildman–Crippen LogP) is 2.34. The molecule has 0 aliphatic rings. The van der Waals surface area contributed by atoms with E-state index in [1.807, 2.05) is 37.3 Å². The molecular formula is C12H14N4OS. The molecule has 0 N–H and O–H groups in total. The minimum Gasteiger partial charge on any atom is -0.492 e. The summed E-state index contributed by atoms with van der Waals surface area (Å²) < 4.78 is 7.25. The monoisotopic (exact) mass is 262 g/mol. The zero-order valence-corrected chi connectivity index (χ0v) is 10.9. The number of tetrazole rings is 1. The van der Waals surface area contributed by atoms with Gasteiger partial charge in [0.05, 0.1) is 6.61 Å². The van der Waals surface area contributed by atoms with Crippen LogP contribution in [0.3, 0.4) is 0 Å². The fourth-order valence-electron chi connectivity index (χ4n) is 1.46. The number of hydrogen-bond acceptors (Lipinski definition) is 5.